The maximum absolute atomic E-state index is 6.20. The smallest absolute Gasteiger partial charge is 0.148 e. The van der Waals surface area contributed by atoms with Gasteiger partial charge < -0.3 is 4.74 Å². The van der Waals surface area contributed by atoms with E-state index >= 15 is 0 Å². The molecule has 0 saturated carbocycles. The van der Waals surface area contributed by atoms with E-state index in [9.17, 15) is 0 Å². The average molecular weight is 528 g/mol. The zero-order chi connectivity index (χ0) is 19.4. The Labute approximate surface area is 185 Å². The number of benzene rings is 3. The van der Waals surface area contributed by atoms with Gasteiger partial charge in [-0.05, 0) is 80.7 Å². The molecule has 0 amide bonds. The first-order chi connectivity index (χ1) is 12.9. The molecule has 0 aliphatic rings. The van der Waals surface area contributed by atoms with Gasteiger partial charge in [-0.2, -0.15) is 0 Å². The second kappa shape index (κ2) is 9.24. The van der Waals surface area contributed by atoms with Crippen LogP contribution in [0.4, 0.5) is 5.69 Å². The summed E-state index contributed by atoms with van der Waals surface area (Å²) < 4.78 is 7.59. The highest BCUT2D eigenvalue weighted by Crippen LogP contribution is 2.35. The van der Waals surface area contributed by atoms with Crippen molar-refractivity contribution < 1.29 is 4.74 Å². The van der Waals surface area contributed by atoms with Crippen molar-refractivity contribution in [3.8, 4) is 5.75 Å². The lowest BCUT2D eigenvalue weighted by Crippen LogP contribution is -1.98. The van der Waals surface area contributed by atoms with Crippen LogP contribution < -0.4 is 4.74 Å². The SMILES string of the molecule is Cc1ccc(N=Cc2cc(Br)c(OCc3ccc(Cl)cc3Cl)c(Br)c2)cc1. The van der Waals surface area contributed by atoms with Crippen LogP contribution in [0, 0.1) is 6.92 Å². The summed E-state index contributed by atoms with van der Waals surface area (Å²) in [5.74, 6) is 0.702. The number of rotatable bonds is 5. The van der Waals surface area contributed by atoms with Crippen LogP contribution in [-0.2, 0) is 6.61 Å². The third kappa shape index (κ3) is 5.58. The summed E-state index contributed by atoms with van der Waals surface area (Å²) in [5.41, 5.74) is 3.93. The van der Waals surface area contributed by atoms with E-state index in [0.29, 0.717) is 22.4 Å². The molecule has 0 aromatic heterocycles. The Kier molecular flexibility index (Phi) is 6.99. The van der Waals surface area contributed by atoms with Gasteiger partial charge in [-0.1, -0.05) is 47.0 Å². The predicted octanol–water partition coefficient (Wildman–Crippen LogP) is 8.16. The number of hydrogen-bond acceptors (Lipinski definition) is 2. The fourth-order valence-electron chi connectivity index (χ4n) is 2.36. The summed E-state index contributed by atoms with van der Waals surface area (Å²) in [5, 5.41) is 1.18. The third-order valence-electron chi connectivity index (χ3n) is 3.80. The lowest BCUT2D eigenvalue weighted by atomic mass is 10.2. The summed E-state index contributed by atoms with van der Waals surface area (Å²) in [6.07, 6.45) is 1.82. The summed E-state index contributed by atoms with van der Waals surface area (Å²) in [7, 11) is 0. The van der Waals surface area contributed by atoms with Crippen molar-refractivity contribution in [2.45, 2.75) is 13.5 Å². The molecule has 3 rings (SSSR count). The first-order valence-corrected chi connectivity index (χ1v) is 10.4. The summed E-state index contributed by atoms with van der Waals surface area (Å²) in [4.78, 5) is 4.51. The minimum Gasteiger partial charge on any atom is -0.486 e. The standard InChI is InChI=1S/C21H15Br2Cl2NO/c1-13-2-6-17(7-3-13)26-11-14-8-18(22)21(19(23)9-14)27-12-15-4-5-16(24)10-20(15)25/h2-11H,12H2,1H3. The number of hydrogen-bond donors (Lipinski definition) is 0. The Morgan fingerprint density at radius 3 is 2.26 bits per heavy atom. The number of nitrogens with zero attached hydrogens (tertiary/aromatic N) is 1. The number of aryl methyl sites for hydroxylation is 1. The molecule has 0 heterocycles. The van der Waals surface area contributed by atoms with E-state index in [1.54, 1.807) is 12.1 Å². The topological polar surface area (TPSA) is 21.6 Å². The Bertz CT molecular complexity index is 965. The molecular formula is C21H15Br2Cl2NO. The van der Waals surface area contributed by atoms with Crippen molar-refractivity contribution in [2.24, 2.45) is 4.99 Å². The molecule has 138 valence electrons. The molecule has 6 heteroatoms. The van der Waals surface area contributed by atoms with E-state index in [0.717, 1.165) is 25.8 Å². The average Bonchev–Trinajstić information content (AvgIpc) is 2.62. The largest absolute Gasteiger partial charge is 0.486 e. The minimum absolute atomic E-state index is 0.337. The molecule has 0 N–H and O–H groups in total. The number of ether oxygens (including phenoxy) is 1. The van der Waals surface area contributed by atoms with Crippen molar-refractivity contribution in [1.29, 1.82) is 0 Å². The van der Waals surface area contributed by atoms with Gasteiger partial charge in [0.05, 0.1) is 14.6 Å². The van der Waals surface area contributed by atoms with Crippen LogP contribution in [0.15, 0.2) is 68.5 Å². The van der Waals surface area contributed by atoms with Crippen LogP contribution in [0.3, 0.4) is 0 Å². The van der Waals surface area contributed by atoms with Crippen LogP contribution in [0.1, 0.15) is 16.7 Å². The summed E-state index contributed by atoms with van der Waals surface area (Å²) in [6.45, 7) is 2.39. The Balaban J connectivity index is 1.75. The second-order valence-corrected chi connectivity index (χ2v) is 8.48. The summed E-state index contributed by atoms with van der Waals surface area (Å²) >= 11 is 19.3. The van der Waals surface area contributed by atoms with Crippen LogP contribution in [0.2, 0.25) is 10.0 Å². The van der Waals surface area contributed by atoms with Crippen molar-refractivity contribution in [3.05, 3.63) is 90.3 Å². The molecule has 3 aromatic carbocycles. The monoisotopic (exact) mass is 525 g/mol. The highest BCUT2D eigenvalue weighted by molar-refractivity contribution is 9.11. The minimum atomic E-state index is 0.337. The molecule has 0 unspecified atom stereocenters. The van der Waals surface area contributed by atoms with Crippen molar-refractivity contribution in [2.75, 3.05) is 0 Å². The van der Waals surface area contributed by atoms with Crippen LogP contribution >= 0.6 is 55.1 Å². The van der Waals surface area contributed by atoms with E-state index in [-0.39, 0.29) is 0 Å². The van der Waals surface area contributed by atoms with Crippen LogP contribution in [0.25, 0.3) is 0 Å². The van der Waals surface area contributed by atoms with Gasteiger partial charge in [0.2, 0.25) is 0 Å². The molecule has 0 atom stereocenters. The Morgan fingerprint density at radius 1 is 0.963 bits per heavy atom. The molecule has 0 aliphatic carbocycles. The Morgan fingerprint density at radius 2 is 1.63 bits per heavy atom. The van der Waals surface area contributed by atoms with Gasteiger partial charge in [-0.25, -0.2) is 0 Å². The maximum Gasteiger partial charge on any atom is 0.148 e. The first kappa shape index (κ1) is 20.4. The van der Waals surface area contributed by atoms with Gasteiger partial charge in [-0.15, -0.1) is 0 Å². The maximum atomic E-state index is 6.20. The highest BCUT2D eigenvalue weighted by Gasteiger charge is 2.10. The van der Waals surface area contributed by atoms with Gasteiger partial charge in [-0.3, -0.25) is 4.99 Å². The van der Waals surface area contributed by atoms with Crippen LogP contribution in [-0.4, -0.2) is 6.21 Å². The number of aliphatic imine (C=N–C) groups is 1. The highest BCUT2D eigenvalue weighted by atomic mass is 79.9. The molecule has 0 saturated heterocycles. The lowest BCUT2D eigenvalue weighted by Gasteiger charge is -2.12. The lowest BCUT2D eigenvalue weighted by molar-refractivity contribution is 0.302. The normalized spacial score (nSPS) is 11.1. The van der Waals surface area contributed by atoms with Crippen molar-refractivity contribution in [3.63, 3.8) is 0 Å². The predicted molar refractivity (Wildman–Crippen MR) is 121 cm³/mol. The first-order valence-electron chi connectivity index (χ1n) is 8.09. The van der Waals surface area contributed by atoms with Gasteiger partial charge in [0.15, 0.2) is 0 Å². The quantitative estimate of drug-likeness (QED) is 0.307. The van der Waals surface area contributed by atoms with E-state index < -0.39 is 0 Å². The Hall–Kier alpha value is -1.33. The van der Waals surface area contributed by atoms with Gasteiger partial charge in [0.25, 0.3) is 0 Å². The summed E-state index contributed by atoms with van der Waals surface area (Å²) in [6, 6.07) is 17.3. The van der Waals surface area contributed by atoms with Gasteiger partial charge in [0, 0.05) is 21.8 Å². The molecule has 0 aliphatic heterocycles. The molecule has 0 spiro atoms. The zero-order valence-corrected chi connectivity index (χ0v) is 19.0. The molecule has 27 heavy (non-hydrogen) atoms. The fraction of sp³-hybridized carbons (Fsp3) is 0.0952. The number of halogens is 4. The van der Waals surface area contributed by atoms with E-state index in [1.807, 2.05) is 48.7 Å². The molecule has 0 radical (unpaired) electrons. The zero-order valence-electron chi connectivity index (χ0n) is 14.3. The van der Waals surface area contributed by atoms with E-state index in [1.165, 1.54) is 5.56 Å². The molecule has 2 nitrogen and oxygen atoms in total. The van der Waals surface area contributed by atoms with Crippen LogP contribution in [0.5, 0.6) is 5.75 Å². The second-order valence-electron chi connectivity index (χ2n) is 5.93. The van der Waals surface area contributed by atoms with Crippen molar-refractivity contribution in [1.82, 2.24) is 0 Å². The molecule has 3 aromatic rings. The van der Waals surface area contributed by atoms with E-state index in [4.69, 9.17) is 27.9 Å². The van der Waals surface area contributed by atoms with E-state index in [2.05, 4.69) is 43.8 Å². The van der Waals surface area contributed by atoms with Gasteiger partial charge >= 0.3 is 0 Å². The molecule has 0 bridgehead atoms. The third-order valence-corrected chi connectivity index (χ3v) is 5.57. The van der Waals surface area contributed by atoms with Crippen molar-refractivity contribution >= 4 is 67.0 Å². The fourth-order valence-corrected chi connectivity index (χ4v) is 4.27. The van der Waals surface area contributed by atoms with Gasteiger partial charge in [0.1, 0.15) is 12.4 Å². The molecular weight excluding hydrogens is 513 g/mol. The molecule has 0 fully saturated rings.